The molecular formula is C13H12O3. The zero-order valence-electron chi connectivity index (χ0n) is 8.68. The summed E-state index contributed by atoms with van der Waals surface area (Å²) in [7, 11) is 0. The number of hydrogen-bond donors (Lipinski definition) is 2. The van der Waals surface area contributed by atoms with Gasteiger partial charge in [-0.3, -0.25) is 0 Å². The maximum atomic E-state index is 10.7. The van der Waals surface area contributed by atoms with Crippen LogP contribution < -0.4 is 0 Å². The van der Waals surface area contributed by atoms with E-state index in [1.807, 2.05) is 6.08 Å². The average Bonchev–Trinajstić information content (AvgIpc) is 2.30. The zero-order chi connectivity index (χ0) is 11.5. The highest BCUT2D eigenvalue weighted by Crippen LogP contribution is 2.25. The number of benzene rings is 1. The number of rotatable bonds is 2. The third-order valence-electron chi connectivity index (χ3n) is 2.63. The van der Waals surface area contributed by atoms with Gasteiger partial charge in [0.05, 0.1) is 11.3 Å². The number of carboxylic acids is 1. The van der Waals surface area contributed by atoms with Gasteiger partial charge in [0.25, 0.3) is 0 Å². The standard InChI is InChI=1S/C13H12O3/c14-12-7-5-10(6-8-12)9-1-3-11(4-2-9)13(15)16/h1-5,7,14H,6,8H2,(H,15,16). The first kappa shape index (κ1) is 10.5. The lowest BCUT2D eigenvalue weighted by atomic mass is 9.96. The van der Waals surface area contributed by atoms with Crippen LogP contribution in [0, 0.1) is 0 Å². The van der Waals surface area contributed by atoms with Crippen LogP contribution in [-0.4, -0.2) is 16.2 Å². The molecule has 0 radical (unpaired) electrons. The van der Waals surface area contributed by atoms with Gasteiger partial charge in [0.2, 0.25) is 0 Å². The Labute approximate surface area is 93.4 Å². The van der Waals surface area contributed by atoms with E-state index >= 15 is 0 Å². The van der Waals surface area contributed by atoms with Gasteiger partial charge in [0.15, 0.2) is 0 Å². The molecule has 2 N–H and O–H groups in total. The Balaban J connectivity index is 2.26. The fourth-order valence-corrected chi connectivity index (χ4v) is 1.69. The zero-order valence-corrected chi connectivity index (χ0v) is 8.68. The monoisotopic (exact) mass is 216 g/mol. The molecule has 3 heteroatoms. The first-order chi connectivity index (χ1) is 7.66. The molecule has 0 saturated heterocycles. The largest absolute Gasteiger partial charge is 0.512 e. The number of carboxylic acid groups (broad SMARTS) is 1. The van der Waals surface area contributed by atoms with Gasteiger partial charge < -0.3 is 10.2 Å². The summed E-state index contributed by atoms with van der Waals surface area (Å²) in [6.07, 6.45) is 4.99. The Morgan fingerprint density at radius 2 is 1.75 bits per heavy atom. The van der Waals surface area contributed by atoms with Crippen molar-refractivity contribution in [3.05, 3.63) is 53.3 Å². The first-order valence-electron chi connectivity index (χ1n) is 5.09. The molecule has 0 fully saturated rings. The molecule has 0 bridgehead atoms. The van der Waals surface area contributed by atoms with Gasteiger partial charge in [0, 0.05) is 6.42 Å². The molecule has 82 valence electrons. The fourth-order valence-electron chi connectivity index (χ4n) is 1.69. The molecule has 16 heavy (non-hydrogen) atoms. The lowest BCUT2D eigenvalue weighted by Crippen LogP contribution is -1.97. The van der Waals surface area contributed by atoms with E-state index in [4.69, 9.17) is 5.11 Å². The molecule has 0 heterocycles. The van der Waals surface area contributed by atoms with Gasteiger partial charge in [-0.1, -0.05) is 18.2 Å². The van der Waals surface area contributed by atoms with Crippen LogP contribution in [0.5, 0.6) is 0 Å². The molecule has 0 aromatic heterocycles. The molecule has 0 spiro atoms. The van der Waals surface area contributed by atoms with Crippen LogP contribution in [0.1, 0.15) is 28.8 Å². The van der Waals surface area contributed by atoms with E-state index in [1.54, 1.807) is 30.3 Å². The van der Waals surface area contributed by atoms with Crippen LogP contribution in [0.25, 0.3) is 5.57 Å². The molecule has 1 aromatic carbocycles. The highest BCUT2D eigenvalue weighted by molar-refractivity contribution is 5.88. The molecule has 0 atom stereocenters. The Kier molecular flexibility index (Phi) is 2.77. The summed E-state index contributed by atoms with van der Waals surface area (Å²) >= 11 is 0. The number of hydrogen-bond acceptors (Lipinski definition) is 2. The summed E-state index contributed by atoms with van der Waals surface area (Å²) < 4.78 is 0. The molecule has 0 amide bonds. The molecule has 0 unspecified atom stereocenters. The minimum Gasteiger partial charge on any atom is -0.512 e. The number of aliphatic hydroxyl groups is 1. The third kappa shape index (κ3) is 2.14. The van der Waals surface area contributed by atoms with Crippen LogP contribution in [0.15, 0.2) is 42.2 Å². The fraction of sp³-hybridized carbons (Fsp3) is 0.154. The SMILES string of the molecule is O=C(O)c1ccc(C2=CC=C(O)CC2)cc1. The minimum absolute atomic E-state index is 0.290. The lowest BCUT2D eigenvalue weighted by Gasteiger charge is -2.11. The first-order valence-corrected chi connectivity index (χ1v) is 5.09. The Morgan fingerprint density at radius 1 is 1.06 bits per heavy atom. The number of aliphatic hydroxyl groups excluding tert-OH is 1. The second-order valence-electron chi connectivity index (χ2n) is 3.73. The van der Waals surface area contributed by atoms with E-state index in [2.05, 4.69) is 0 Å². The van der Waals surface area contributed by atoms with Gasteiger partial charge in [-0.2, -0.15) is 0 Å². The van der Waals surface area contributed by atoms with Crippen LogP contribution in [0.3, 0.4) is 0 Å². The van der Waals surface area contributed by atoms with Gasteiger partial charge in [-0.25, -0.2) is 4.79 Å². The lowest BCUT2D eigenvalue weighted by molar-refractivity contribution is 0.0697. The highest BCUT2D eigenvalue weighted by atomic mass is 16.4. The molecule has 1 aromatic rings. The van der Waals surface area contributed by atoms with Crippen molar-refractivity contribution in [1.82, 2.24) is 0 Å². The van der Waals surface area contributed by atoms with Crippen molar-refractivity contribution in [3.63, 3.8) is 0 Å². The number of allylic oxidation sites excluding steroid dienone is 4. The summed E-state index contributed by atoms with van der Waals surface area (Å²) in [6, 6.07) is 6.78. The van der Waals surface area contributed by atoms with Crippen molar-refractivity contribution in [2.75, 3.05) is 0 Å². The summed E-state index contributed by atoms with van der Waals surface area (Å²) in [5.74, 6) is -0.521. The molecular weight excluding hydrogens is 204 g/mol. The van der Waals surface area contributed by atoms with Crippen molar-refractivity contribution < 1.29 is 15.0 Å². The molecule has 2 rings (SSSR count). The van der Waals surface area contributed by atoms with Gasteiger partial charge in [-0.05, 0) is 35.8 Å². The third-order valence-corrected chi connectivity index (χ3v) is 2.63. The van der Waals surface area contributed by atoms with Crippen molar-refractivity contribution in [2.24, 2.45) is 0 Å². The molecule has 0 aliphatic heterocycles. The minimum atomic E-state index is -0.915. The van der Waals surface area contributed by atoms with E-state index in [1.165, 1.54) is 0 Å². The van der Waals surface area contributed by atoms with Gasteiger partial charge in [-0.15, -0.1) is 0 Å². The van der Waals surface area contributed by atoms with Crippen molar-refractivity contribution in [3.8, 4) is 0 Å². The summed E-state index contributed by atoms with van der Waals surface area (Å²) in [5, 5.41) is 18.0. The maximum Gasteiger partial charge on any atom is 0.335 e. The van der Waals surface area contributed by atoms with Gasteiger partial charge >= 0.3 is 5.97 Å². The number of aromatic carboxylic acids is 1. The molecule has 3 nitrogen and oxygen atoms in total. The summed E-state index contributed by atoms with van der Waals surface area (Å²) in [5.41, 5.74) is 2.42. The molecule has 1 aliphatic carbocycles. The van der Waals surface area contributed by atoms with E-state index in [-0.39, 0.29) is 0 Å². The second kappa shape index (κ2) is 4.23. The van der Waals surface area contributed by atoms with E-state index in [0.717, 1.165) is 17.6 Å². The molecule has 1 aliphatic rings. The second-order valence-corrected chi connectivity index (χ2v) is 3.73. The van der Waals surface area contributed by atoms with E-state index in [0.29, 0.717) is 17.7 Å². The van der Waals surface area contributed by atoms with Crippen LogP contribution in [-0.2, 0) is 0 Å². The average molecular weight is 216 g/mol. The van der Waals surface area contributed by atoms with E-state index in [9.17, 15) is 9.90 Å². The Bertz CT molecular complexity index is 466. The normalized spacial score (nSPS) is 15.2. The van der Waals surface area contributed by atoms with Crippen molar-refractivity contribution >= 4 is 11.5 Å². The van der Waals surface area contributed by atoms with Crippen molar-refractivity contribution in [2.45, 2.75) is 12.8 Å². The van der Waals surface area contributed by atoms with Crippen molar-refractivity contribution in [1.29, 1.82) is 0 Å². The maximum absolute atomic E-state index is 10.7. The summed E-state index contributed by atoms with van der Waals surface area (Å²) in [6.45, 7) is 0. The predicted molar refractivity (Wildman–Crippen MR) is 61.3 cm³/mol. The Morgan fingerprint density at radius 3 is 2.25 bits per heavy atom. The Hall–Kier alpha value is -2.03. The van der Waals surface area contributed by atoms with Crippen LogP contribution in [0.4, 0.5) is 0 Å². The topological polar surface area (TPSA) is 57.5 Å². The quantitative estimate of drug-likeness (QED) is 0.798. The summed E-state index contributed by atoms with van der Waals surface area (Å²) in [4.78, 5) is 10.7. The van der Waals surface area contributed by atoms with E-state index < -0.39 is 5.97 Å². The number of carbonyl (C=O) groups is 1. The highest BCUT2D eigenvalue weighted by Gasteiger charge is 2.08. The van der Waals surface area contributed by atoms with Gasteiger partial charge in [0.1, 0.15) is 0 Å². The smallest absolute Gasteiger partial charge is 0.335 e. The van der Waals surface area contributed by atoms with Crippen LogP contribution in [0.2, 0.25) is 0 Å². The van der Waals surface area contributed by atoms with Crippen LogP contribution >= 0.6 is 0 Å². The predicted octanol–water partition coefficient (Wildman–Crippen LogP) is 3.00. The molecule has 0 saturated carbocycles.